The summed E-state index contributed by atoms with van der Waals surface area (Å²) in [4.78, 5) is 38.9. The van der Waals surface area contributed by atoms with Crippen molar-refractivity contribution in [2.24, 2.45) is 0 Å². The average molecular weight is 334 g/mol. The molecule has 0 bridgehead atoms. The van der Waals surface area contributed by atoms with E-state index in [1.165, 1.54) is 0 Å². The summed E-state index contributed by atoms with van der Waals surface area (Å²) in [5.74, 6) is -0.446. The lowest BCUT2D eigenvalue weighted by molar-refractivity contribution is -0.133. The number of imide groups is 1. The van der Waals surface area contributed by atoms with Crippen molar-refractivity contribution < 1.29 is 14.4 Å². The minimum Gasteiger partial charge on any atom is -0.399 e. The number of nitrogens with one attached hydrogen (secondary N) is 1. The van der Waals surface area contributed by atoms with Crippen molar-refractivity contribution in [2.45, 2.75) is 11.7 Å². The molecule has 1 aromatic carbocycles. The van der Waals surface area contributed by atoms with Crippen LogP contribution in [0.2, 0.25) is 0 Å². The molecule has 1 unspecified atom stereocenters. The van der Waals surface area contributed by atoms with Crippen LogP contribution in [0, 0.1) is 0 Å². The van der Waals surface area contributed by atoms with Crippen molar-refractivity contribution in [3.8, 4) is 0 Å². The first-order chi connectivity index (χ1) is 11.0. The maximum Gasteiger partial charge on any atom is 0.286 e. The van der Waals surface area contributed by atoms with Gasteiger partial charge in [0.15, 0.2) is 0 Å². The normalized spacial score (nSPS) is 21.5. The Morgan fingerprint density at radius 3 is 2.39 bits per heavy atom. The topological polar surface area (TPSA) is 95.7 Å². The van der Waals surface area contributed by atoms with Crippen LogP contribution in [0.5, 0.6) is 0 Å². The largest absolute Gasteiger partial charge is 0.399 e. The maximum atomic E-state index is 12.3. The van der Waals surface area contributed by atoms with Crippen LogP contribution in [0.4, 0.5) is 16.2 Å². The fraction of sp³-hybridized carbons (Fsp3) is 0.400. The highest BCUT2D eigenvalue weighted by atomic mass is 32.2. The van der Waals surface area contributed by atoms with Gasteiger partial charge in [-0.15, -0.1) is 0 Å². The average Bonchev–Trinajstić information content (AvgIpc) is 2.86. The summed E-state index contributed by atoms with van der Waals surface area (Å²) < 4.78 is 0. The fourth-order valence-electron chi connectivity index (χ4n) is 2.71. The number of benzene rings is 1. The summed E-state index contributed by atoms with van der Waals surface area (Å²) in [7, 11) is 0. The lowest BCUT2D eigenvalue weighted by atomic mass is 10.2. The lowest BCUT2D eigenvalue weighted by Crippen LogP contribution is -2.49. The molecule has 0 saturated carbocycles. The first-order valence-corrected chi connectivity index (χ1v) is 8.30. The number of hydrogen-bond donors (Lipinski definition) is 2. The quantitative estimate of drug-likeness (QED) is 0.789. The van der Waals surface area contributed by atoms with Crippen LogP contribution < -0.4 is 16.0 Å². The van der Waals surface area contributed by atoms with E-state index in [9.17, 15) is 14.4 Å². The van der Waals surface area contributed by atoms with Crippen molar-refractivity contribution in [1.29, 1.82) is 0 Å². The third kappa shape index (κ3) is 3.58. The molecule has 2 aliphatic rings. The molecule has 2 saturated heterocycles. The molecular weight excluding hydrogens is 316 g/mol. The number of nitrogens with two attached hydrogens (primary N) is 1. The molecule has 3 amide bonds. The van der Waals surface area contributed by atoms with Gasteiger partial charge in [0.2, 0.25) is 11.8 Å². The SMILES string of the molecule is Nc1ccc(N2CCN(C(=O)CC3SC(=O)NC3=O)CC2)cc1. The molecule has 0 spiro atoms. The predicted molar refractivity (Wildman–Crippen MR) is 89.2 cm³/mol. The molecule has 1 aromatic rings. The number of thioether (sulfide) groups is 1. The molecule has 0 aliphatic carbocycles. The molecule has 3 N–H and O–H groups in total. The molecule has 0 radical (unpaired) electrons. The van der Waals surface area contributed by atoms with Gasteiger partial charge in [-0.05, 0) is 24.3 Å². The third-order valence-electron chi connectivity index (χ3n) is 4.02. The number of carbonyl (C=O) groups is 3. The highest BCUT2D eigenvalue weighted by Crippen LogP contribution is 2.23. The predicted octanol–water partition coefficient (Wildman–Crippen LogP) is 0.659. The minimum atomic E-state index is -0.592. The summed E-state index contributed by atoms with van der Waals surface area (Å²) >= 11 is 0.895. The van der Waals surface area contributed by atoms with E-state index in [4.69, 9.17) is 5.73 Å². The van der Waals surface area contributed by atoms with Gasteiger partial charge in [-0.1, -0.05) is 11.8 Å². The van der Waals surface area contributed by atoms with Crippen LogP contribution in [0.25, 0.3) is 0 Å². The first kappa shape index (κ1) is 15.7. The molecule has 7 nitrogen and oxygen atoms in total. The van der Waals surface area contributed by atoms with Crippen LogP contribution in [-0.2, 0) is 9.59 Å². The number of rotatable bonds is 3. The van der Waals surface area contributed by atoms with Crippen LogP contribution in [0.3, 0.4) is 0 Å². The molecule has 3 rings (SSSR count). The second-order valence-electron chi connectivity index (χ2n) is 5.55. The monoisotopic (exact) mass is 334 g/mol. The minimum absolute atomic E-state index is 0.0735. The molecule has 2 heterocycles. The molecule has 122 valence electrons. The highest BCUT2D eigenvalue weighted by molar-refractivity contribution is 8.15. The zero-order chi connectivity index (χ0) is 16.4. The van der Waals surface area contributed by atoms with Gasteiger partial charge < -0.3 is 15.5 Å². The number of nitrogen functional groups attached to an aromatic ring is 1. The van der Waals surface area contributed by atoms with Gasteiger partial charge in [0.25, 0.3) is 5.24 Å². The summed E-state index contributed by atoms with van der Waals surface area (Å²) in [6, 6.07) is 7.66. The van der Waals surface area contributed by atoms with E-state index < -0.39 is 5.25 Å². The highest BCUT2D eigenvalue weighted by Gasteiger charge is 2.34. The number of hydrogen-bond acceptors (Lipinski definition) is 6. The molecular formula is C15H18N4O3S. The summed E-state index contributed by atoms with van der Waals surface area (Å²) in [5.41, 5.74) is 7.50. The van der Waals surface area contributed by atoms with Gasteiger partial charge in [-0.3, -0.25) is 19.7 Å². The molecule has 0 aromatic heterocycles. The van der Waals surface area contributed by atoms with Gasteiger partial charge in [0.1, 0.15) is 5.25 Å². The molecule has 2 aliphatic heterocycles. The van der Waals surface area contributed by atoms with Gasteiger partial charge in [-0.2, -0.15) is 0 Å². The summed E-state index contributed by atoms with van der Waals surface area (Å²) in [6.07, 6.45) is 0.0735. The smallest absolute Gasteiger partial charge is 0.286 e. The Morgan fingerprint density at radius 2 is 1.83 bits per heavy atom. The summed E-state index contributed by atoms with van der Waals surface area (Å²) in [6.45, 7) is 2.68. The number of anilines is 2. The second kappa shape index (κ2) is 6.49. The fourth-order valence-corrected chi connectivity index (χ4v) is 3.52. The Kier molecular flexibility index (Phi) is 4.42. The van der Waals surface area contributed by atoms with E-state index in [0.29, 0.717) is 13.1 Å². The van der Waals surface area contributed by atoms with Gasteiger partial charge in [-0.25, -0.2) is 0 Å². The molecule has 1 atom stereocenters. The van der Waals surface area contributed by atoms with Crippen molar-refractivity contribution in [1.82, 2.24) is 10.2 Å². The lowest BCUT2D eigenvalue weighted by Gasteiger charge is -2.36. The van der Waals surface area contributed by atoms with Crippen molar-refractivity contribution in [3.05, 3.63) is 24.3 Å². The molecule has 8 heteroatoms. The first-order valence-electron chi connectivity index (χ1n) is 7.42. The van der Waals surface area contributed by atoms with Gasteiger partial charge in [0, 0.05) is 44.0 Å². The Morgan fingerprint density at radius 1 is 1.17 bits per heavy atom. The number of amides is 3. The Labute approximate surface area is 138 Å². The number of carbonyl (C=O) groups excluding carboxylic acids is 3. The number of piperazine rings is 1. The third-order valence-corrected chi connectivity index (χ3v) is 5.00. The van der Waals surface area contributed by atoms with E-state index in [0.717, 1.165) is 36.2 Å². The van der Waals surface area contributed by atoms with E-state index in [2.05, 4.69) is 10.2 Å². The zero-order valence-corrected chi connectivity index (χ0v) is 13.3. The molecule has 2 fully saturated rings. The van der Waals surface area contributed by atoms with E-state index >= 15 is 0 Å². The number of nitrogens with zero attached hydrogens (tertiary/aromatic N) is 2. The van der Waals surface area contributed by atoms with Crippen LogP contribution >= 0.6 is 11.8 Å². The van der Waals surface area contributed by atoms with Gasteiger partial charge >= 0.3 is 0 Å². The maximum absolute atomic E-state index is 12.3. The van der Waals surface area contributed by atoms with Crippen molar-refractivity contribution >= 4 is 40.2 Å². The van der Waals surface area contributed by atoms with E-state index in [1.54, 1.807) is 4.90 Å². The zero-order valence-electron chi connectivity index (χ0n) is 12.5. The molecule has 23 heavy (non-hydrogen) atoms. The van der Waals surface area contributed by atoms with Crippen LogP contribution in [0.15, 0.2) is 24.3 Å². The van der Waals surface area contributed by atoms with Crippen LogP contribution in [-0.4, -0.2) is 53.4 Å². The van der Waals surface area contributed by atoms with E-state index in [-0.39, 0.29) is 23.5 Å². The second-order valence-corrected chi connectivity index (χ2v) is 6.72. The van der Waals surface area contributed by atoms with Crippen LogP contribution in [0.1, 0.15) is 6.42 Å². The summed E-state index contributed by atoms with van der Waals surface area (Å²) in [5, 5.41) is 1.24. The van der Waals surface area contributed by atoms with Crippen molar-refractivity contribution in [3.63, 3.8) is 0 Å². The van der Waals surface area contributed by atoms with Gasteiger partial charge in [0.05, 0.1) is 0 Å². The van der Waals surface area contributed by atoms with E-state index in [1.807, 2.05) is 24.3 Å². The standard InChI is InChI=1S/C15H18N4O3S/c16-10-1-3-11(4-2-10)18-5-7-19(8-6-18)13(20)9-12-14(21)17-15(22)23-12/h1-4,12H,5-9,16H2,(H,17,21,22). The Balaban J connectivity index is 1.52. The Hall–Kier alpha value is -2.22. The van der Waals surface area contributed by atoms with Crippen molar-refractivity contribution in [2.75, 3.05) is 36.8 Å². The Bertz CT molecular complexity index is 626.